The summed E-state index contributed by atoms with van der Waals surface area (Å²) < 4.78 is 5.24. The zero-order chi connectivity index (χ0) is 14.6. The van der Waals surface area contributed by atoms with Crippen LogP contribution in [0.2, 0.25) is 0 Å². The Kier molecular flexibility index (Phi) is 4.95. The lowest BCUT2D eigenvalue weighted by molar-refractivity contribution is 0.0636. The first-order valence-corrected chi connectivity index (χ1v) is 6.52. The molecule has 0 radical (unpaired) electrons. The molecule has 0 aliphatic rings. The van der Waals surface area contributed by atoms with Crippen molar-refractivity contribution in [2.75, 3.05) is 5.32 Å². The summed E-state index contributed by atoms with van der Waals surface area (Å²) in [4.78, 5) is 11.8. The molecule has 0 spiro atoms. The van der Waals surface area contributed by atoms with E-state index >= 15 is 0 Å². The molecule has 4 heteroatoms. The fourth-order valence-corrected chi connectivity index (χ4v) is 1.72. The molecule has 1 rings (SSSR count). The predicted molar refractivity (Wildman–Crippen MR) is 78.4 cm³/mol. The van der Waals surface area contributed by atoms with Crippen molar-refractivity contribution in [2.45, 2.75) is 52.7 Å². The van der Waals surface area contributed by atoms with Crippen LogP contribution in [0.5, 0.6) is 0 Å². The lowest BCUT2D eigenvalue weighted by Gasteiger charge is -2.20. The molecule has 1 atom stereocenters. The van der Waals surface area contributed by atoms with Gasteiger partial charge in [-0.1, -0.05) is 12.1 Å². The SMILES string of the molecule is Cc1ccc(CC(C)N)cc1NC(=O)OC(C)(C)C. The summed E-state index contributed by atoms with van der Waals surface area (Å²) in [7, 11) is 0. The van der Waals surface area contributed by atoms with E-state index in [1.54, 1.807) is 0 Å². The number of ether oxygens (including phenoxy) is 1. The number of nitrogens with one attached hydrogen (secondary N) is 1. The largest absolute Gasteiger partial charge is 0.444 e. The fraction of sp³-hybridized carbons (Fsp3) is 0.533. The number of hydrogen-bond donors (Lipinski definition) is 2. The van der Waals surface area contributed by atoms with Crippen LogP contribution >= 0.6 is 0 Å². The first-order chi connectivity index (χ1) is 8.67. The number of benzene rings is 1. The fourth-order valence-electron chi connectivity index (χ4n) is 1.72. The Hall–Kier alpha value is -1.55. The van der Waals surface area contributed by atoms with Crippen LogP contribution in [0.3, 0.4) is 0 Å². The van der Waals surface area contributed by atoms with Gasteiger partial charge in [0.25, 0.3) is 0 Å². The van der Waals surface area contributed by atoms with Crippen LogP contribution in [0, 0.1) is 6.92 Å². The molecule has 0 aromatic heterocycles. The molecular formula is C15H24N2O2. The van der Waals surface area contributed by atoms with Crippen molar-refractivity contribution in [1.29, 1.82) is 0 Å². The molecular weight excluding hydrogens is 240 g/mol. The average molecular weight is 264 g/mol. The smallest absolute Gasteiger partial charge is 0.412 e. The van der Waals surface area contributed by atoms with Crippen molar-refractivity contribution in [1.82, 2.24) is 0 Å². The van der Waals surface area contributed by atoms with Gasteiger partial charge in [-0.05, 0) is 58.2 Å². The lowest BCUT2D eigenvalue weighted by atomic mass is 10.0. The van der Waals surface area contributed by atoms with Gasteiger partial charge in [0.1, 0.15) is 5.60 Å². The zero-order valence-corrected chi connectivity index (χ0v) is 12.4. The van der Waals surface area contributed by atoms with E-state index in [1.165, 1.54) is 0 Å². The molecule has 4 nitrogen and oxygen atoms in total. The molecule has 1 aromatic carbocycles. The summed E-state index contributed by atoms with van der Waals surface area (Å²) in [6.07, 6.45) is 0.344. The second-order valence-corrected chi connectivity index (χ2v) is 5.96. The van der Waals surface area contributed by atoms with Crippen molar-refractivity contribution < 1.29 is 9.53 Å². The summed E-state index contributed by atoms with van der Waals surface area (Å²) in [6.45, 7) is 9.42. The van der Waals surface area contributed by atoms with Crippen molar-refractivity contribution in [3.63, 3.8) is 0 Å². The van der Waals surface area contributed by atoms with E-state index in [4.69, 9.17) is 10.5 Å². The second kappa shape index (κ2) is 6.06. The highest BCUT2D eigenvalue weighted by Gasteiger charge is 2.16. The zero-order valence-electron chi connectivity index (χ0n) is 12.4. The summed E-state index contributed by atoms with van der Waals surface area (Å²) >= 11 is 0. The van der Waals surface area contributed by atoms with Gasteiger partial charge in [0.05, 0.1) is 0 Å². The van der Waals surface area contributed by atoms with Crippen molar-refractivity contribution in [3.05, 3.63) is 29.3 Å². The molecule has 0 fully saturated rings. The van der Waals surface area contributed by atoms with Crippen molar-refractivity contribution in [2.24, 2.45) is 5.73 Å². The van der Waals surface area contributed by atoms with Gasteiger partial charge >= 0.3 is 6.09 Å². The molecule has 0 bridgehead atoms. The first-order valence-electron chi connectivity index (χ1n) is 6.52. The molecule has 0 aliphatic heterocycles. The van der Waals surface area contributed by atoms with E-state index in [0.717, 1.165) is 23.2 Å². The normalized spacial score (nSPS) is 12.9. The highest BCUT2D eigenvalue weighted by Crippen LogP contribution is 2.19. The Morgan fingerprint density at radius 1 is 1.42 bits per heavy atom. The molecule has 3 N–H and O–H groups in total. The van der Waals surface area contributed by atoms with Crippen LogP contribution in [0.25, 0.3) is 0 Å². The standard InChI is InChI=1S/C15H24N2O2/c1-10-6-7-12(8-11(2)16)9-13(10)17-14(18)19-15(3,4)5/h6-7,9,11H,8,16H2,1-5H3,(H,17,18). The quantitative estimate of drug-likeness (QED) is 0.881. The second-order valence-electron chi connectivity index (χ2n) is 5.96. The molecule has 1 aromatic rings. The van der Waals surface area contributed by atoms with Crippen molar-refractivity contribution >= 4 is 11.8 Å². The van der Waals surface area contributed by atoms with E-state index in [9.17, 15) is 4.79 Å². The molecule has 0 heterocycles. The van der Waals surface area contributed by atoms with Crippen LogP contribution in [0.15, 0.2) is 18.2 Å². The minimum atomic E-state index is -0.499. The molecule has 1 unspecified atom stereocenters. The van der Waals surface area contributed by atoms with Crippen LogP contribution in [0.1, 0.15) is 38.8 Å². The van der Waals surface area contributed by atoms with E-state index in [0.29, 0.717) is 0 Å². The summed E-state index contributed by atoms with van der Waals surface area (Å²) in [6, 6.07) is 6.04. The van der Waals surface area contributed by atoms with Gasteiger partial charge in [-0.2, -0.15) is 0 Å². The minimum Gasteiger partial charge on any atom is -0.444 e. The van der Waals surface area contributed by atoms with E-state index < -0.39 is 11.7 Å². The maximum Gasteiger partial charge on any atom is 0.412 e. The van der Waals surface area contributed by atoms with Gasteiger partial charge in [-0.25, -0.2) is 4.79 Å². The highest BCUT2D eigenvalue weighted by atomic mass is 16.6. The molecule has 0 saturated carbocycles. The monoisotopic (exact) mass is 264 g/mol. The topological polar surface area (TPSA) is 64.3 Å². The van der Waals surface area contributed by atoms with E-state index in [1.807, 2.05) is 52.8 Å². The predicted octanol–water partition coefficient (Wildman–Crippen LogP) is 3.23. The van der Waals surface area contributed by atoms with Crippen LogP contribution in [0.4, 0.5) is 10.5 Å². The van der Waals surface area contributed by atoms with Gasteiger partial charge in [0.2, 0.25) is 0 Å². The van der Waals surface area contributed by atoms with E-state index in [-0.39, 0.29) is 6.04 Å². The number of carbonyl (C=O) groups is 1. The Morgan fingerprint density at radius 3 is 2.58 bits per heavy atom. The Balaban J connectivity index is 2.79. The summed E-state index contributed by atoms with van der Waals surface area (Å²) in [5.41, 5.74) is 8.16. The number of rotatable bonds is 3. The van der Waals surface area contributed by atoms with Crippen LogP contribution < -0.4 is 11.1 Å². The van der Waals surface area contributed by atoms with Gasteiger partial charge in [0, 0.05) is 11.7 Å². The Bertz CT molecular complexity index is 448. The van der Waals surface area contributed by atoms with Crippen LogP contribution in [-0.2, 0) is 11.2 Å². The molecule has 19 heavy (non-hydrogen) atoms. The molecule has 0 aliphatic carbocycles. The first kappa shape index (κ1) is 15.5. The van der Waals surface area contributed by atoms with Gasteiger partial charge < -0.3 is 10.5 Å². The van der Waals surface area contributed by atoms with Crippen molar-refractivity contribution in [3.8, 4) is 0 Å². The van der Waals surface area contributed by atoms with Gasteiger partial charge in [0.15, 0.2) is 0 Å². The molecule has 1 amide bonds. The van der Waals surface area contributed by atoms with Gasteiger partial charge in [-0.15, -0.1) is 0 Å². The molecule has 106 valence electrons. The third-order valence-corrected chi connectivity index (χ3v) is 2.50. The van der Waals surface area contributed by atoms with Crippen LogP contribution in [-0.4, -0.2) is 17.7 Å². The Morgan fingerprint density at radius 2 is 2.05 bits per heavy atom. The number of aryl methyl sites for hydroxylation is 1. The number of anilines is 1. The average Bonchev–Trinajstić information content (AvgIpc) is 2.19. The number of carbonyl (C=O) groups excluding carboxylic acids is 1. The number of amides is 1. The maximum absolute atomic E-state index is 11.8. The summed E-state index contributed by atoms with van der Waals surface area (Å²) in [5.74, 6) is 0. The number of hydrogen-bond acceptors (Lipinski definition) is 3. The Labute approximate surface area is 115 Å². The third-order valence-electron chi connectivity index (χ3n) is 2.50. The van der Waals surface area contributed by atoms with E-state index in [2.05, 4.69) is 5.32 Å². The summed E-state index contributed by atoms with van der Waals surface area (Å²) in [5, 5.41) is 2.78. The number of nitrogens with two attached hydrogens (primary N) is 1. The maximum atomic E-state index is 11.8. The van der Waals surface area contributed by atoms with Gasteiger partial charge in [-0.3, -0.25) is 5.32 Å². The molecule has 0 saturated heterocycles. The third kappa shape index (κ3) is 5.75. The minimum absolute atomic E-state index is 0.0945. The lowest BCUT2D eigenvalue weighted by Crippen LogP contribution is -2.27. The highest BCUT2D eigenvalue weighted by molar-refractivity contribution is 5.86.